The zero-order chi connectivity index (χ0) is 27.5. The maximum absolute atomic E-state index is 12.5. The van der Waals surface area contributed by atoms with Crippen LogP contribution in [0.25, 0.3) is 22.4 Å². The van der Waals surface area contributed by atoms with Crippen molar-refractivity contribution in [1.82, 2.24) is 9.97 Å². The van der Waals surface area contributed by atoms with Gasteiger partial charge in [0, 0.05) is 52.3 Å². The van der Waals surface area contributed by atoms with Gasteiger partial charge in [0.15, 0.2) is 0 Å². The number of hydrogen-bond acceptors (Lipinski definition) is 7. The van der Waals surface area contributed by atoms with E-state index in [1.165, 1.54) is 48.5 Å². The molecule has 0 fully saturated rings. The standard InChI is InChI=1S/C27H18N6O6/c34-26(17-3-10-21(11-4-17)32(36)37)28-19-7-1-16(2-8-19)25-30-23-14-9-20(15-24(23)31-25)29-27(35)18-5-12-22(13-6-18)33(38)39/h1-15H,(H,28,34)(H,29,35)(H,30,31). The highest BCUT2D eigenvalue weighted by Gasteiger charge is 2.13. The number of anilines is 2. The summed E-state index contributed by atoms with van der Waals surface area (Å²) in [4.78, 5) is 53.3. The van der Waals surface area contributed by atoms with Gasteiger partial charge in [-0.05, 0) is 66.7 Å². The molecule has 5 aromatic rings. The molecule has 3 N–H and O–H groups in total. The van der Waals surface area contributed by atoms with Crippen LogP contribution in [0.3, 0.4) is 0 Å². The third kappa shape index (κ3) is 5.44. The summed E-state index contributed by atoms with van der Waals surface area (Å²) in [6.07, 6.45) is 0. The van der Waals surface area contributed by atoms with Crippen molar-refractivity contribution in [3.63, 3.8) is 0 Å². The number of hydrogen-bond donors (Lipinski definition) is 3. The number of imidazole rings is 1. The van der Waals surface area contributed by atoms with Gasteiger partial charge >= 0.3 is 0 Å². The number of carbonyl (C=O) groups excluding carboxylic acids is 2. The van der Waals surface area contributed by atoms with Gasteiger partial charge in [0.05, 0.1) is 20.9 Å². The van der Waals surface area contributed by atoms with Crippen LogP contribution >= 0.6 is 0 Å². The number of amides is 2. The minimum atomic E-state index is -0.531. The monoisotopic (exact) mass is 522 g/mol. The molecule has 1 heterocycles. The summed E-state index contributed by atoms with van der Waals surface area (Å²) in [7, 11) is 0. The Hall–Kier alpha value is -5.91. The molecule has 12 heteroatoms. The third-order valence-corrected chi connectivity index (χ3v) is 5.84. The lowest BCUT2D eigenvalue weighted by Crippen LogP contribution is -2.11. The summed E-state index contributed by atoms with van der Waals surface area (Å²) in [5.74, 6) is -0.225. The third-order valence-electron chi connectivity index (χ3n) is 5.84. The maximum atomic E-state index is 12.5. The van der Waals surface area contributed by atoms with Crippen LogP contribution in [-0.2, 0) is 0 Å². The number of rotatable bonds is 7. The van der Waals surface area contributed by atoms with Crippen LogP contribution in [0.15, 0.2) is 91.0 Å². The Morgan fingerprint density at radius 3 is 1.67 bits per heavy atom. The Kier molecular flexibility index (Phi) is 6.49. The number of aromatic amines is 1. The molecule has 0 radical (unpaired) electrons. The molecule has 0 aliphatic carbocycles. The number of carbonyl (C=O) groups is 2. The van der Waals surface area contributed by atoms with E-state index in [9.17, 15) is 29.8 Å². The van der Waals surface area contributed by atoms with Crippen LogP contribution in [-0.4, -0.2) is 31.6 Å². The smallest absolute Gasteiger partial charge is 0.269 e. The molecule has 0 saturated carbocycles. The van der Waals surface area contributed by atoms with Crippen LogP contribution in [0, 0.1) is 20.2 Å². The minimum Gasteiger partial charge on any atom is -0.338 e. The van der Waals surface area contributed by atoms with E-state index >= 15 is 0 Å². The zero-order valence-corrected chi connectivity index (χ0v) is 20.0. The fourth-order valence-corrected chi connectivity index (χ4v) is 3.81. The van der Waals surface area contributed by atoms with E-state index in [1.54, 1.807) is 42.5 Å². The van der Waals surface area contributed by atoms with E-state index in [0.717, 1.165) is 5.56 Å². The lowest BCUT2D eigenvalue weighted by molar-refractivity contribution is -0.385. The Labute approximate surface area is 219 Å². The second-order valence-electron chi connectivity index (χ2n) is 8.41. The normalized spacial score (nSPS) is 10.7. The van der Waals surface area contributed by atoms with E-state index in [1.807, 2.05) is 0 Å². The number of H-pyrrole nitrogens is 1. The first-order valence-corrected chi connectivity index (χ1v) is 11.5. The Balaban J connectivity index is 1.27. The van der Waals surface area contributed by atoms with E-state index in [2.05, 4.69) is 20.6 Å². The molecule has 0 aliphatic rings. The van der Waals surface area contributed by atoms with Crippen LogP contribution in [0.1, 0.15) is 20.7 Å². The number of non-ortho nitro benzene ring substituents is 2. The molecule has 0 bridgehead atoms. The molecule has 4 aromatic carbocycles. The Morgan fingerprint density at radius 1 is 0.667 bits per heavy atom. The van der Waals surface area contributed by atoms with Gasteiger partial charge in [-0.15, -0.1) is 0 Å². The van der Waals surface area contributed by atoms with Crippen LogP contribution < -0.4 is 10.6 Å². The van der Waals surface area contributed by atoms with Gasteiger partial charge in [0.2, 0.25) is 0 Å². The van der Waals surface area contributed by atoms with Crippen molar-refractivity contribution in [2.24, 2.45) is 0 Å². The van der Waals surface area contributed by atoms with Gasteiger partial charge in [-0.1, -0.05) is 0 Å². The highest BCUT2D eigenvalue weighted by molar-refractivity contribution is 6.05. The van der Waals surface area contributed by atoms with Crippen molar-refractivity contribution in [1.29, 1.82) is 0 Å². The zero-order valence-electron chi connectivity index (χ0n) is 20.0. The predicted molar refractivity (Wildman–Crippen MR) is 144 cm³/mol. The molecule has 0 aliphatic heterocycles. The summed E-state index contributed by atoms with van der Waals surface area (Å²) >= 11 is 0. The molecule has 2 amide bonds. The van der Waals surface area contributed by atoms with Crippen LogP contribution in [0.2, 0.25) is 0 Å². The van der Waals surface area contributed by atoms with Crippen LogP contribution in [0.5, 0.6) is 0 Å². The van der Waals surface area contributed by atoms with Crippen molar-refractivity contribution >= 4 is 45.6 Å². The number of nitro benzene ring substituents is 2. The second-order valence-corrected chi connectivity index (χ2v) is 8.41. The van der Waals surface area contributed by atoms with E-state index < -0.39 is 21.7 Å². The summed E-state index contributed by atoms with van der Waals surface area (Å²) < 4.78 is 0. The van der Waals surface area contributed by atoms with Gasteiger partial charge in [0.25, 0.3) is 23.2 Å². The molecular weight excluding hydrogens is 504 g/mol. The van der Waals surface area contributed by atoms with Gasteiger partial charge in [-0.25, -0.2) is 4.98 Å². The number of fused-ring (bicyclic) bond motifs is 1. The Bertz CT molecular complexity index is 1730. The first kappa shape index (κ1) is 24.8. The van der Waals surface area contributed by atoms with E-state index in [-0.39, 0.29) is 16.9 Å². The van der Waals surface area contributed by atoms with Gasteiger partial charge in [-0.2, -0.15) is 0 Å². The first-order valence-electron chi connectivity index (χ1n) is 11.5. The van der Waals surface area contributed by atoms with Gasteiger partial charge in [-0.3, -0.25) is 29.8 Å². The van der Waals surface area contributed by atoms with Crippen molar-refractivity contribution in [2.45, 2.75) is 0 Å². The fourth-order valence-electron chi connectivity index (χ4n) is 3.81. The minimum absolute atomic E-state index is 0.0965. The topological polar surface area (TPSA) is 173 Å². The van der Waals surface area contributed by atoms with E-state index in [4.69, 9.17) is 0 Å². The molecular formula is C27H18N6O6. The molecule has 0 atom stereocenters. The molecule has 39 heavy (non-hydrogen) atoms. The predicted octanol–water partition coefficient (Wildman–Crippen LogP) is 5.55. The van der Waals surface area contributed by atoms with Crippen molar-refractivity contribution in [3.8, 4) is 11.4 Å². The molecule has 12 nitrogen and oxygen atoms in total. The molecule has 0 saturated heterocycles. The maximum Gasteiger partial charge on any atom is 0.269 e. The number of nitro groups is 2. The quantitative estimate of drug-likeness (QED) is 0.185. The lowest BCUT2D eigenvalue weighted by atomic mass is 10.1. The van der Waals surface area contributed by atoms with Crippen molar-refractivity contribution in [3.05, 3.63) is 122 Å². The summed E-state index contributed by atoms with van der Waals surface area (Å²) in [5.41, 5.74) is 3.55. The highest BCUT2D eigenvalue weighted by atomic mass is 16.6. The molecule has 192 valence electrons. The second kappa shape index (κ2) is 10.2. The molecule has 1 aromatic heterocycles. The van der Waals surface area contributed by atoms with Gasteiger partial charge < -0.3 is 15.6 Å². The van der Waals surface area contributed by atoms with E-state index in [0.29, 0.717) is 33.8 Å². The average molecular weight is 522 g/mol. The Morgan fingerprint density at radius 2 is 1.15 bits per heavy atom. The van der Waals surface area contributed by atoms with Crippen LogP contribution in [0.4, 0.5) is 22.7 Å². The number of aromatic nitrogens is 2. The molecule has 0 unspecified atom stereocenters. The van der Waals surface area contributed by atoms with Gasteiger partial charge in [0.1, 0.15) is 5.82 Å². The molecule has 0 spiro atoms. The number of nitrogens with one attached hydrogen (secondary N) is 3. The highest BCUT2D eigenvalue weighted by Crippen LogP contribution is 2.25. The summed E-state index contributed by atoms with van der Waals surface area (Å²) in [5, 5.41) is 27.1. The number of benzene rings is 4. The molecule has 5 rings (SSSR count). The lowest BCUT2D eigenvalue weighted by Gasteiger charge is -2.06. The average Bonchev–Trinajstić information content (AvgIpc) is 3.37. The summed E-state index contributed by atoms with van der Waals surface area (Å²) in [6.45, 7) is 0. The fraction of sp³-hybridized carbons (Fsp3) is 0. The largest absolute Gasteiger partial charge is 0.338 e. The van der Waals surface area contributed by atoms with Crippen molar-refractivity contribution in [2.75, 3.05) is 10.6 Å². The summed E-state index contributed by atoms with van der Waals surface area (Å²) in [6, 6.07) is 22.8. The first-order chi connectivity index (χ1) is 18.8. The SMILES string of the molecule is O=C(Nc1ccc(-c2nc3ccc(NC(=O)c4ccc([N+](=O)[O-])cc4)cc3[nH]2)cc1)c1ccc([N+](=O)[O-])cc1. The van der Waals surface area contributed by atoms with Crippen molar-refractivity contribution < 1.29 is 19.4 Å². The number of nitrogens with zero attached hydrogens (tertiary/aromatic N) is 3.